The molecule has 1 heterocycles. The predicted molar refractivity (Wildman–Crippen MR) is 106 cm³/mol. The lowest BCUT2D eigenvalue weighted by molar-refractivity contribution is -0.129. The van der Waals surface area contributed by atoms with Gasteiger partial charge in [0, 0.05) is 19.0 Å². The van der Waals surface area contributed by atoms with E-state index < -0.39 is 6.04 Å². The zero-order chi connectivity index (χ0) is 19.5. The van der Waals surface area contributed by atoms with Gasteiger partial charge in [0.2, 0.25) is 0 Å². The first kappa shape index (κ1) is 18.5. The average molecular weight is 379 g/mol. The summed E-state index contributed by atoms with van der Waals surface area (Å²) < 4.78 is 5.21. The molecule has 1 aliphatic heterocycles. The van der Waals surface area contributed by atoms with Gasteiger partial charge in [0.15, 0.2) is 0 Å². The van der Waals surface area contributed by atoms with Gasteiger partial charge in [-0.15, -0.1) is 0 Å². The Morgan fingerprint density at radius 1 is 1.04 bits per heavy atom. The molecule has 2 aromatic rings. The van der Waals surface area contributed by atoms with E-state index in [1.54, 1.807) is 7.11 Å². The Morgan fingerprint density at radius 2 is 1.75 bits per heavy atom. The molecule has 4 rings (SSSR count). The van der Waals surface area contributed by atoms with Crippen LogP contribution in [0.25, 0.3) is 0 Å². The average Bonchev–Trinajstić information content (AvgIpc) is 3.53. The topological polar surface area (TPSA) is 61.9 Å². The molecule has 0 bridgehead atoms. The van der Waals surface area contributed by atoms with Crippen molar-refractivity contribution in [1.29, 1.82) is 0 Å². The van der Waals surface area contributed by atoms with Crippen LogP contribution < -0.4 is 10.1 Å². The zero-order valence-corrected chi connectivity index (χ0v) is 16.0. The van der Waals surface area contributed by atoms with Crippen LogP contribution in [0.3, 0.4) is 0 Å². The number of hydrogen-bond donors (Lipinski definition) is 1. The van der Waals surface area contributed by atoms with E-state index >= 15 is 0 Å². The minimum atomic E-state index is -0.489. The summed E-state index contributed by atoms with van der Waals surface area (Å²) in [5, 5.41) is 2.84. The molecule has 28 heavy (non-hydrogen) atoms. The summed E-state index contributed by atoms with van der Waals surface area (Å²) in [6.45, 7) is 1.03. The lowest BCUT2D eigenvalue weighted by atomic mass is 10.1. The van der Waals surface area contributed by atoms with Gasteiger partial charge in [0.1, 0.15) is 11.8 Å². The van der Waals surface area contributed by atoms with Crippen LogP contribution in [-0.2, 0) is 17.8 Å². The Labute approximate surface area is 165 Å². The van der Waals surface area contributed by atoms with Gasteiger partial charge in [-0.25, -0.2) is 9.69 Å². The van der Waals surface area contributed by atoms with E-state index in [1.807, 2.05) is 54.6 Å². The fraction of sp³-hybridized carbons (Fsp3) is 0.364. The Kier molecular flexibility index (Phi) is 5.30. The zero-order valence-electron chi connectivity index (χ0n) is 16.0. The number of hydrogen-bond acceptors (Lipinski definition) is 4. The van der Waals surface area contributed by atoms with Crippen LogP contribution >= 0.6 is 0 Å². The highest BCUT2D eigenvalue weighted by Crippen LogP contribution is 2.29. The summed E-state index contributed by atoms with van der Waals surface area (Å²) in [6, 6.07) is 17.3. The number of rotatable bonds is 8. The number of nitrogens with zero attached hydrogens (tertiary/aromatic N) is 2. The van der Waals surface area contributed by atoms with Crippen molar-refractivity contribution in [2.45, 2.75) is 37.9 Å². The molecular weight excluding hydrogens is 354 g/mol. The monoisotopic (exact) mass is 379 g/mol. The number of ether oxygens (including phenoxy) is 1. The van der Waals surface area contributed by atoms with Crippen LogP contribution in [0, 0.1) is 0 Å². The van der Waals surface area contributed by atoms with Gasteiger partial charge in [0.25, 0.3) is 5.91 Å². The second-order valence-electron chi connectivity index (χ2n) is 7.43. The molecule has 1 atom stereocenters. The number of amides is 3. The third-order valence-corrected chi connectivity index (χ3v) is 5.32. The summed E-state index contributed by atoms with van der Waals surface area (Å²) in [5.41, 5.74) is 2.18. The molecule has 0 spiro atoms. The number of benzene rings is 2. The minimum absolute atomic E-state index is 0.144. The van der Waals surface area contributed by atoms with Gasteiger partial charge in [0.05, 0.1) is 13.8 Å². The molecule has 1 aliphatic carbocycles. The molecule has 0 aromatic heterocycles. The van der Waals surface area contributed by atoms with E-state index in [9.17, 15) is 9.59 Å². The number of carbonyl (C=O) groups excluding carboxylic acids is 2. The maximum atomic E-state index is 12.8. The summed E-state index contributed by atoms with van der Waals surface area (Å²) >= 11 is 0. The van der Waals surface area contributed by atoms with Crippen molar-refractivity contribution < 1.29 is 14.3 Å². The predicted octanol–water partition coefficient (Wildman–Crippen LogP) is 2.78. The molecule has 2 fully saturated rings. The number of carbonyl (C=O) groups is 2. The Bertz CT molecular complexity index is 834. The van der Waals surface area contributed by atoms with E-state index in [0.717, 1.165) is 29.7 Å². The Morgan fingerprint density at radius 3 is 2.39 bits per heavy atom. The molecule has 146 valence electrons. The number of urea groups is 1. The molecule has 6 nitrogen and oxygen atoms in total. The van der Waals surface area contributed by atoms with Gasteiger partial charge >= 0.3 is 6.03 Å². The van der Waals surface area contributed by atoms with Gasteiger partial charge in [-0.2, -0.15) is 0 Å². The second-order valence-corrected chi connectivity index (χ2v) is 7.43. The molecule has 2 aliphatic rings. The van der Waals surface area contributed by atoms with E-state index in [1.165, 1.54) is 4.90 Å². The van der Waals surface area contributed by atoms with Crippen LogP contribution in [0.4, 0.5) is 4.79 Å². The van der Waals surface area contributed by atoms with Crippen LogP contribution in [0.5, 0.6) is 5.75 Å². The summed E-state index contributed by atoms with van der Waals surface area (Å²) in [7, 11) is 1.65. The van der Waals surface area contributed by atoms with E-state index in [2.05, 4.69) is 10.2 Å². The van der Waals surface area contributed by atoms with Crippen molar-refractivity contribution in [2.75, 3.05) is 13.8 Å². The standard InChI is InChI=1S/C22H25N3O3/c1-28-19-11-7-17(8-12-19)14-24(18-9-10-18)15-25-21(26)20(23-22(25)27)13-16-5-3-2-4-6-16/h2-8,11-12,18,20H,9-10,13-15H2,1H3,(H,23,27)/t20-/m1/s1. The van der Waals surface area contributed by atoms with Gasteiger partial charge in [-0.1, -0.05) is 42.5 Å². The van der Waals surface area contributed by atoms with Crippen LogP contribution in [0.2, 0.25) is 0 Å². The molecule has 2 aromatic carbocycles. The Hall–Kier alpha value is -2.86. The van der Waals surface area contributed by atoms with E-state index in [0.29, 0.717) is 25.7 Å². The highest BCUT2D eigenvalue weighted by Gasteiger charge is 2.40. The second kappa shape index (κ2) is 8.02. The molecule has 1 saturated carbocycles. The minimum Gasteiger partial charge on any atom is -0.497 e. The lowest BCUT2D eigenvalue weighted by Gasteiger charge is -2.26. The van der Waals surface area contributed by atoms with Gasteiger partial charge in [-0.05, 0) is 36.1 Å². The summed E-state index contributed by atoms with van der Waals surface area (Å²) in [5.74, 6) is 0.675. The number of methoxy groups -OCH3 is 1. The first-order valence-electron chi connectivity index (χ1n) is 9.67. The maximum absolute atomic E-state index is 12.8. The van der Waals surface area contributed by atoms with Crippen LogP contribution in [-0.4, -0.2) is 47.6 Å². The van der Waals surface area contributed by atoms with Crippen LogP contribution in [0.15, 0.2) is 54.6 Å². The molecule has 1 N–H and O–H groups in total. The van der Waals surface area contributed by atoms with Crippen molar-refractivity contribution in [3.63, 3.8) is 0 Å². The van der Waals surface area contributed by atoms with Gasteiger partial charge < -0.3 is 10.1 Å². The third kappa shape index (κ3) is 4.17. The largest absolute Gasteiger partial charge is 0.497 e. The van der Waals surface area contributed by atoms with Crippen molar-refractivity contribution in [1.82, 2.24) is 15.1 Å². The fourth-order valence-corrected chi connectivity index (χ4v) is 3.58. The molecule has 6 heteroatoms. The van der Waals surface area contributed by atoms with E-state index in [4.69, 9.17) is 4.74 Å². The van der Waals surface area contributed by atoms with Crippen LogP contribution in [0.1, 0.15) is 24.0 Å². The molecular formula is C22H25N3O3. The quantitative estimate of drug-likeness (QED) is 0.717. The van der Waals surface area contributed by atoms with Crippen molar-refractivity contribution in [2.24, 2.45) is 0 Å². The van der Waals surface area contributed by atoms with E-state index in [-0.39, 0.29) is 11.9 Å². The molecule has 0 unspecified atom stereocenters. The maximum Gasteiger partial charge on any atom is 0.325 e. The highest BCUT2D eigenvalue weighted by atomic mass is 16.5. The summed E-state index contributed by atoms with van der Waals surface area (Å²) in [6.07, 6.45) is 2.73. The fourth-order valence-electron chi connectivity index (χ4n) is 3.58. The Balaban J connectivity index is 1.41. The highest BCUT2D eigenvalue weighted by molar-refractivity contribution is 6.04. The molecule has 0 radical (unpaired) electrons. The van der Waals surface area contributed by atoms with Crippen molar-refractivity contribution >= 4 is 11.9 Å². The van der Waals surface area contributed by atoms with Crippen molar-refractivity contribution in [3.05, 3.63) is 65.7 Å². The smallest absolute Gasteiger partial charge is 0.325 e. The number of nitrogens with one attached hydrogen (secondary N) is 1. The SMILES string of the molecule is COc1ccc(CN(CN2C(=O)N[C@H](Cc3ccccc3)C2=O)C2CC2)cc1. The number of imide groups is 1. The normalized spacial score (nSPS) is 19.2. The lowest BCUT2D eigenvalue weighted by Crippen LogP contribution is -2.42. The first-order valence-corrected chi connectivity index (χ1v) is 9.67. The molecule has 3 amide bonds. The third-order valence-electron chi connectivity index (χ3n) is 5.32. The first-order chi connectivity index (χ1) is 13.6. The molecule has 1 saturated heterocycles. The van der Waals surface area contributed by atoms with Gasteiger partial charge in [-0.3, -0.25) is 9.69 Å². The summed E-state index contributed by atoms with van der Waals surface area (Å²) in [4.78, 5) is 28.9. The van der Waals surface area contributed by atoms with Crippen molar-refractivity contribution in [3.8, 4) is 5.75 Å².